The molecule has 6 nitrogen and oxygen atoms in total. The SMILES string of the molecule is COC(=O)CC[C@H]1CCN(C(=O)OC(C)(C)C)C[C@H]1N. The molecule has 20 heavy (non-hydrogen) atoms. The Balaban J connectivity index is 2.43. The van der Waals surface area contributed by atoms with E-state index in [-0.39, 0.29) is 24.0 Å². The number of rotatable bonds is 3. The van der Waals surface area contributed by atoms with Crippen molar-refractivity contribution >= 4 is 12.1 Å². The van der Waals surface area contributed by atoms with Crippen molar-refractivity contribution in [2.45, 2.75) is 51.7 Å². The number of esters is 1. The van der Waals surface area contributed by atoms with E-state index in [0.29, 0.717) is 25.9 Å². The van der Waals surface area contributed by atoms with Gasteiger partial charge in [-0.15, -0.1) is 0 Å². The van der Waals surface area contributed by atoms with E-state index in [4.69, 9.17) is 10.5 Å². The third-order valence-corrected chi connectivity index (χ3v) is 3.41. The third-order valence-electron chi connectivity index (χ3n) is 3.41. The number of hydrogen-bond donors (Lipinski definition) is 1. The van der Waals surface area contributed by atoms with Gasteiger partial charge in [0, 0.05) is 25.6 Å². The number of methoxy groups -OCH3 is 1. The average Bonchev–Trinajstić information content (AvgIpc) is 2.34. The molecule has 0 aliphatic carbocycles. The highest BCUT2D eigenvalue weighted by molar-refractivity contribution is 5.69. The van der Waals surface area contributed by atoms with Crippen LogP contribution in [0, 0.1) is 5.92 Å². The van der Waals surface area contributed by atoms with Crippen LogP contribution in [0.2, 0.25) is 0 Å². The van der Waals surface area contributed by atoms with Gasteiger partial charge in [-0.05, 0) is 39.5 Å². The van der Waals surface area contributed by atoms with E-state index in [0.717, 1.165) is 6.42 Å². The second-order valence-electron chi connectivity index (χ2n) is 6.25. The molecule has 1 rings (SSSR count). The molecule has 0 radical (unpaired) electrons. The molecule has 0 unspecified atom stereocenters. The Labute approximate surface area is 120 Å². The van der Waals surface area contributed by atoms with Crippen LogP contribution in [-0.2, 0) is 14.3 Å². The molecule has 2 N–H and O–H groups in total. The van der Waals surface area contributed by atoms with Crippen LogP contribution in [0.3, 0.4) is 0 Å². The summed E-state index contributed by atoms with van der Waals surface area (Å²) in [6.45, 7) is 6.62. The first-order valence-corrected chi connectivity index (χ1v) is 7.03. The highest BCUT2D eigenvalue weighted by atomic mass is 16.6. The van der Waals surface area contributed by atoms with E-state index >= 15 is 0 Å². The summed E-state index contributed by atoms with van der Waals surface area (Å²) >= 11 is 0. The maximum atomic E-state index is 12.0. The first-order chi connectivity index (χ1) is 9.23. The number of nitrogens with two attached hydrogens (primary N) is 1. The molecule has 1 amide bonds. The van der Waals surface area contributed by atoms with Crippen molar-refractivity contribution in [3.8, 4) is 0 Å². The van der Waals surface area contributed by atoms with Crippen molar-refractivity contribution in [1.82, 2.24) is 4.90 Å². The molecule has 1 fully saturated rings. The number of ether oxygens (including phenoxy) is 2. The van der Waals surface area contributed by atoms with Crippen molar-refractivity contribution < 1.29 is 19.1 Å². The Morgan fingerprint density at radius 1 is 1.35 bits per heavy atom. The predicted molar refractivity (Wildman–Crippen MR) is 75.1 cm³/mol. The van der Waals surface area contributed by atoms with E-state index in [9.17, 15) is 9.59 Å². The smallest absolute Gasteiger partial charge is 0.410 e. The molecule has 116 valence electrons. The van der Waals surface area contributed by atoms with Gasteiger partial charge in [-0.25, -0.2) is 4.79 Å². The van der Waals surface area contributed by atoms with Gasteiger partial charge < -0.3 is 20.1 Å². The van der Waals surface area contributed by atoms with Gasteiger partial charge in [0.2, 0.25) is 0 Å². The lowest BCUT2D eigenvalue weighted by Gasteiger charge is -2.37. The van der Waals surface area contributed by atoms with Crippen LogP contribution >= 0.6 is 0 Å². The van der Waals surface area contributed by atoms with E-state index in [1.807, 2.05) is 20.8 Å². The lowest BCUT2D eigenvalue weighted by molar-refractivity contribution is -0.141. The molecular formula is C14H26N2O4. The third kappa shape index (κ3) is 5.36. The van der Waals surface area contributed by atoms with Crippen LogP contribution in [0.15, 0.2) is 0 Å². The first-order valence-electron chi connectivity index (χ1n) is 7.03. The summed E-state index contributed by atoms with van der Waals surface area (Å²) in [6.07, 6.45) is 1.55. The molecular weight excluding hydrogens is 260 g/mol. The zero-order valence-corrected chi connectivity index (χ0v) is 12.8. The van der Waals surface area contributed by atoms with Gasteiger partial charge in [-0.3, -0.25) is 4.79 Å². The van der Waals surface area contributed by atoms with E-state index in [2.05, 4.69) is 4.74 Å². The quantitative estimate of drug-likeness (QED) is 0.795. The van der Waals surface area contributed by atoms with Gasteiger partial charge in [0.25, 0.3) is 0 Å². The van der Waals surface area contributed by atoms with Crippen LogP contribution in [0.5, 0.6) is 0 Å². The van der Waals surface area contributed by atoms with Crippen molar-refractivity contribution in [1.29, 1.82) is 0 Å². The number of carbonyl (C=O) groups excluding carboxylic acids is 2. The number of nitrogens with zero attached hydrogens (tertiary/aromatic N) is 1. The van der Waals surface area contributed by atoms with Gasteiger partial charge in [-0.2, -0.15) is 0 Å². The Hall–Kier alpha value is -1.30. The number of carbonyl (C=O) groups is 2. The molecule has 0 saturated carbocycles. The summed E-state index contributed by atoms with van der Waals surface area (Å²) in [5.74, 6) is 0.0274. The number of piperidine rings is 1. The number of hydrogen-bond acceptors (Lipinski definition) is 5. The largest absolute Gasteiger partial charge is 0.469 e. The van der Waals surface area contributed by atoms with Gasteiger partial charge >= 0.3 is 12.1 Å². The van der Waals surface area contributed by atoms with Gasteiger partial charge in [0.05, 0.1) is 7.11 Å². The standard InChI is InChI=1S/C14H26N2O4/c1-14(2,3)20-13(18)16-8-7-10(11(15)9-16)5-6-12(17)19-4/h10-11H,5-9,15H2,1-4H3/t10-,11+/m0/s1. The van der Waals surface area contributed by atoms with E-state index in [1.165, 1.54) is 7.11 Å². The van der Waals surface area contributed by atoms with Crippen molar-refractivity contribution in [2.75, 3.05) is 20.2 Å². The molecule has 1 heterocycles. The van der Waals surface area contributed by atoms with Gasteiger partial charge in [0.15, 0.2) is 0 Å². The second-order valence-corrected chi connectivity index (χ2v) is 6.25. The van der Waals surface area contributed by atoms with Crippen LogP contribution in [-0.4, -0.2) is 48.8 Å². The highest BCUT2D eigenvalue weighted by Gasteiger charge is 2.31. The Morgan fingerprint density at radius 3 is 2.50 bits per heavy atom. The van der Waals surface area contributed by atoms with Crippen LogP contribution in [0.4, 0.5) is 4.79 Å². The monoisotopic (exact) mass is 286 g/mol. The van der Waals surface area contributed by atoms with Crippen LogP contribution in [0.25, 0.3) is 0 Å². The summed E-state index contributed by atoms with van der Waals surface area (Å²) in [4.78, 5) is 24.7. The molecule has 0 aromatic carbocycles. The lowest BCUT2D eigenvalue weighted by atomic mass is 9.88. The van der Waals surface area contributed by atoms with Gasteiger partial charge in [0.1, 0.15) is 5.60 Å². The summed E-state index contributed by atoms with van der Waals surface area (Å²) in [5, 5.41) is 0. The fourth-order valence-corrected chi connectivity index (χ4v) is 2.29. The number of likely N-dealkylation sites (tertiary alicyclic amines) is 1. The lowest BCUT2D eigenvalue weighted by Crippen LogP contribution is -2.51. The summed E-state index contributed by atoms with van der Waals surface area (Å²) < 4.78 is 9.96. The Kier molecular flexibility index (Phi) is 5.80. The summed E-state index contributed by atoms with van der Waals surface area (Å²) in [7, 11) is 1.38. The normalized spacial score (nSPS) is 23.4. The molecule has 2 atom stereocenters. The maximum absolute atomic E-state index is 12.0. The van der Waals surface area contributed by atoms with Crippen LogP contribution < -0.4 is 5.73 Å². The first kappa shape index (κ1) is 16.8. The van der Waals surface area contributed by atoms with Crippen molar-refractivity contribution in [3.63, 3.8) is 0 Å². The molecule has 0 aromatic rings. The molecule has 0 aromatic heterocycles. The Morgan fingerprint density at radius 2 is 2.00 bits per heavy atom. The van der Waals surface area contributed by atoms with Crippen molar-refractivity contribution in [3.05, 3.63) is 0 Å². The fourth-order valence-electron chi connectivity index (χ4n) is 2.29. The summed E-state index contributed by atoms with van der Waals surface area (Å²) in [6, 6.07) is -0.124. The molecule has 1 saturated heterocycles. The zero-order chi connectivity index (χ0) is 15.3. The number of amides is 1. The van der Waals surface area contributed by atoms with Crippen molar-refractivity contribution in [2.24, 2.45) is 11.7 Å². The molecule has 0 spiro atoms. The summed E-state index contributed by atoms with van der Waals surface area (Å²) in [5.41, 5.74) is 5.60. The van der Waals surface area contributed by atoms with E-state index in [1.54, 1.807) is 4.90 Å². The molecule has 6 heteroatoms. The molecule has 1 aliphatic heterocycles. The molecule has 0 bridgehead atoms. The minimum absolute atomic E-state index is 0.124. The minimum Gasteiger partial charge on any atom is -0.469 e. The second kappa shape index (κ2) is 6.92. The highest BCUT2D eigenvalue weighted by Crippen LogP contribution is 2.23. The average molecular weight is 286 g/mol. The predicted octanol–water partition coefficient (Wildman–Crippen LogP) is 1.52. The fraction of sp³-hybridized carbons (Fsp3) is 0.857. The zero-order valence-electron chi connectivity index (χ0n) is 12.8. The maximum Gasteiger partial charge on any atom is 0.410 e. The minimum atomic E-state index is -0.497. The van der Waals surface area contributed by atoms with Gasteiger partial charge in [-0.1, -0.05) is 0 Å². The topological polar surface area (TPSA) is 81.9 Å². The van der Waals surface area contributed by atoms with Crippen LogP contribution in [0.1, 0.15) is 40.0 Å². The Bertz CT molecular complexity index is 352. The molecule has 1 aliphatic rings. The van der Waals surface area contributed by atoms with E-state index < -0.39 is 5.60 Å².